The zero-order valence-electron chi connectivity index (χ0n) is 7.77. The fourth-order valence-corrected chi connectivity index (χ4v) is 1.88. The van der Waals surface area contributed by atoms with Crippen LogP contribution >= 0.6 is 0 Å². The van der Waals surface area contributed by atoms with Crippen LogP contribution in [0.1, 0.15) is 13.3 Å². The Morgan fingerprint density at radius 1 is 1.69 bits per heavy atom. The highest BCUT2D eigenvalue weighted by atomic mass is 16.6. The van der Waals surface area contributed by atoms with Gasteiger partial charge in [-0.1, -0.05) is 6.08 Å². The van der Waals surface area contributed by atoms with Crippen molar-refractivity contribution in [1.29, 1.82) is 0 Å². The minimum absolute atomic E-state index is 0.0323. The lowest BCUT2D eigenvalue weighted by Gasteiger charge is -2.30. The number of hydrogen-bond donors (Lipinski definition) is 0. The lowest BCUT2D eigenvalue weighted by molar-refractivity contribution is 0.00971. The summed E-state index contributed by atoms with van der Waals surface area (Å²) in [5, 5.41) is 0. The van der Waals surface area contributed by atoms with E-state index >= 15 is 0 Å². The summed E-state index contributed by atoms with van der Waals surface area (Å²) in [7, 11) is 1.59. The molecule has 1 amide bonds. The van der Waals surface area contributed by atoms with E-state index in [4.69, 9.17) is 9.47 Å². The van der Waals surface area contributed by atoms with E-state index in [1.807, 2.05) is 19.1 Å². The summed E-state index contributed by atoms with van der Waals surface area (Å²) in [5.41, 5.74) is 0. The van der Waals surface area contributed by atoms with Crippen molar-refractivity contribution in [2.75, 3.05) is 7.11 Å². The fraction of sp³-hybridized carbons (Fsp3) is 0.667. The largest absolute Gasteiger partial charge is 0.444 e. The molecular formula is C9H13NO3. The van der Waals surface area contributed by atoms with Gasteiger partial charge >= 0.3 is 6.09 Å². The van der Waals surface area contributed by atoms with Gasteiger partial charge < -0.3 is 9.47 Å². The lowest BCUT2D eigenvalue weighted by atomic mass is 10.0. The van der Waals surface area contributed by atoms with Gasteiger partial charge in [0.1, 0.15) is 6.10 Å². The molecule has 4 nitrogen and oxygen atoms in total. The standard InChI is InChI=1S/C9H13NO3/c1-6-7-4-3-5-8(12-2)10(7)9(11)13-6/h3,5-8H,4H2,1-2H3. The van der Waals surface area contributed by atoms with Crippen LogP contribution < -0.4 is 0 Å². The Balaban J connectivity index is 2.24. The molecule has 0 aliphatic carbocycles. The predicted molar refractivity (Wildman–Crippen MR) is 46.1 cm³/mol. The average Bonchev–Trinajstić information content (AvgIpc) is 2.43. The first-order chi connectivity index (χ1) is 6.24. The van der Waals surface area contributed by atoms with E-state index in [1.54, 1.807) is 12.0 Å². The van der Waals surface area contributed by atoms with Crippen molar-refractivity contribution in [3.63, 3.8) is 0 Å². The molecule has 2 aliphatic rings. The van der Waals surface area contributed by atoms with E-state index in [0.29, 0.717) is 0 Å². The first-order valence-corrected chi connectivity index (χ1v) is 4.42. The van der Waals surface area contributed by atoms with Gasteiger partial charge in [-0.05, 0) is 19.4 Å². The molecule has 0 bridgehead atoms. The van der Waals surface area contributed by atoms with Crippen molar-refractivity contribution >= 4 is 6.09 Å². The quantitative estimate of drug-likeness (QED) is 0.572. The summed E-state index contributed by atoms with van der Waals surface area (Å²) >= 11 is 0. The second-order valence-electron chi connectivity index (χ2n) is 3.35. The van der Waals surface area contributed by atoms with Crippen LogP contribution in [0, 0.1) is 0 Å². The van der Waals surface area contributed by atoms with Crippen molar-refractivity contribution in [3.8, 4) is 0 Å². The minimum Gasteiger partial charge on any atom is -0.444 e. The zero-order chi connectivity index (χ0) is 9.42. The maximum atomic E-state index is 11.4. The highest BCUT2D eigenvalue weighted by molar-refractivity contribution is 5.71. The van der Waals surface area contributed by atoms with Crippen LogP contribution in [0.2, 0.25) is 0 Å². The van der Waals surface area contributed by atoms with Crippen LogP contribution in [0.25, 0.3) is 0 Å². The minimum atomic E-state index is -0.270. The van der Waals surface area contributed by atoms with E-state index in [2.05, 4.69) is 0 Å². The number of amides is 1. The fourth-order valence-electron chi connectivity index (χ4n) is 1.88. The molecule has 4 heteroatoms. The van der Waals surface area contributed by atoms with E-state index in [1.165, 1.54) is 0 Å². The van der Waals surface area contributed by atoms with E-state index in [9.17, 15) is 4.79 Å². The first-order valence-electron chi connectivity index (χ1n) is 4.42. The molecule has 13 heavy (non-hydrogen) atoms. The summed E-state index contributed by atoms with van der Waals surface area (Å²) in [6, 6.07) is 0.141. The Kier molecular flexibility index (Phi) is 2.00. The highest BCUT2D eigenvalue weighted by Gasteiger charge is 2.43. The number of ether oxygens (including phenoxy) is 2. The van der Waals surface area contributed by atoms with Crippen LogP contribution in [0.15, 0.2) is 12.2 Å². The molecule has 72 valence electrons. The smallest absolute Gasteiger partial charge is 0.412 e. The molecule has 2 heterocycles. The van der Waals surface area contributed by atoms with Gasteiger partial charge in [-0.25, -0.2) is 4.79 Å². The predicted octanol–water partition coefficient (Wildman–Crippen LogP) is 1.13. The van der Waals surface area contributed by atoms with Crippen LogP contribution in [0.3, 0.4) is 0 Å². The Labute approximate surface area is 77.1 Å². The van der Waals surface area contributed by atoms with Crippen LogP contribution in [-0.2, 0) is 9.47 Å². The van der Waals surface area contributed by atoms with Gasteiger partial charge in [0.2, 0.25) is 0 Å². The van der Waals surface area contributed by atoms with Crippen LogP contribution in [-0.4, -0.2) is 36.5 Å². The normalized spacial score (nSPS) is 37.5. The average molecular weight is 183 g/mol. The molecule has 0 spiro atoms. The second kappa shape index (κ2) is 3.03. The number of methoxy groups -OCH3 is 1. The first kappa shape index (κ1) is 8.56. The van der Waals surface area contributed by atoms with Crippen molar-refractivity contribution in [2.24, 2.45) is 0 Å². The van der Waals surface area contributed by atoms with Gasteiger partial charge in [-0.15, -0.1) is 0 Å². The number of carbonyl (C=O) groups excluding carboxylic acids is 1. The van der Waals surface area contributed by atoms with Gasteiger partial charge in [0.25, 0.3) is 0 Å². The SMILES string of the molecule is COC1C=CCC2C(C)OC(=O)N12. The van der Waals surface area contributed by atoms with E-state index in [0.717, 1.165) is 6.42 Å². The number of carbonyl (C=O) groups is 1. The van der Waals surface area contributed by atoms with Crippen molar-refractivity contribution in [3.05, 3.63) is 12.2 Å². The maximum Gasteiger partial charge on any atom is 0.412 e. The third kappa shape index (κ3) is 1.21. The molecular weight excluding hydrogens is 170 g/mol. The van der Waals surface area contributed by atoms with Gasteiger partial charge in [0.15, 0.2) is 6.23 Å². The van der Waals surface area contributed by atoms with E-state index < -0.39 is 0 Å². The Bertz CT molecular complexity index is 251. The number of rotatable bonds is 1. The lowest BCUT2D eigenvalue weighted by Crippen LogP contribution is -2.45. The molecule has 2 aliphatic heterocycles. The van der Waals surface area contributed by atoms with Gasteiger partial charge in [-0.3, -0.25) is 4.90 Å². The van der Waals surface area contributed by atoms with Gasteiger partial charge in [0, 0.05) is 7.11 Å². The number of fused-ring (bicyclic) bond motifs is 1. The van der Waals surface area contributed by atoms with Gasteiger partial charge in [0.05, 0.1) is 6.04 Å². The Morgan fingerprint density at radius 2 is 2.46 bits per heavy atom. The van der Waals surface area contributed by atoms with Crippen molar-refractivity contribution in [1.82, 2.24) is 4.90 Å². The number of hydrogen-bond acceptors (Lipinski definition) is 3. The molecule has 0 radical (unpaired) electrons. The second-order valence-corrected chi connectivity index (χ2v) is 3.35. The van der Waals surface area contributed by atoms with Gasteiger partial charge in [-0.2, -0.15) is 0 Å². The molecule has 3 unspecified atom stereocenters. The Morgan fingerprint density at radius 3 is 3.15 bits per heavy atom. The van der Waals surface area contributed by atoms with Crippen LogP contribution in [0.4, 0.5) is 4.79 Å². The maximum absolute atomic E-state index is 11.4. The molecule has 3 atom stereocenters. The summed E-state index contributed by atoms with van der Waals surface area (Å²) in [6.07, 6.45) is 4.22. The van der Waals surface area contributed by atoms with Crippen molar-refractivity contribution < 1.29 is 14.3 Å². The highest BCUT2D eigenvalue weighted by Crippen LogP contribution is 2.28. The zero-order valence-corrected chi connectivity index (χ0v) is 7.77. The summed E-state index contributed by atoms with van der Waals surface area (Å²) in [6.45, 7) is 1.91. The molecule has 1 fully saturated rings. The van der Waals surface area contributed by atoms with Crippen LogP contribution in [0.5, 0.6) is 0 Å². The molecule has 0 aromatic carbocycles. The molecule has 2 rings (SSSR count). The third-order valence-corrected chi connectivity index (χ3v) is 2.59. The van der Waals surface area contributed by atoms with Crippen molar-refractivity contribution in [2.45, 2.75) is 31.7 Å². The van der Waals surface area contributed by atoms with E-state index in [-0.39, 0.29) is 24.5 Å². The molecule has 1 saturated heterocycles. The number of nitrogens with zero attached hydrogens (tertiary/aromatic N) is 1. The molecule has 0 aromatic heterocycles. The number of cyclic esters (lactones) is 1. The molecule has 0 aromatic rings. The summed E-state index contributed by atoms with van der Waals surface area (Å²) < 4.78 is 10.3. The topological polar surface area (TPSA) is 38.8 Å². The molecule has 0 N–H and O–H groups in total. The molecule has 0 saturated carbocycles. The summed E-state index contributed by atoms with van der Waals surface area (Å²) in [4.78, 5) is 13.0. The monoisotopic (exact) mass is 183 g/mol. The third-order valence-electron chi connectivity index (χ3n) is 2.59. The Hall–Kier alpha value is -1.03. The summed E-state index contributed by atoms with van der Waals surface area (Å²) in [5.74, 6) is 0.